The molecule has 0 aliphatic carbocycles. The number of halogens is 3. The Balaban J connectivity index is 3.63. The molecule has 1 atom stereocenters. The van der Waals surface area contributed by atoms with Gasteiger partial charge in [0.2, 0.25) is 5.91 Å². The van der Waals surface area contributed by atoms with Crippen molar-refractivity contribution in [1.29, 1.82) is 0 Å². The Morgan fingerprint density at radius 3 is 2.58 bits per heavy atom. The summed E-state index contributed by atoms with van der Waals surface area (Å²) in [6, 6.07) is -0.773. The van der Waals surface area contributed by atoms with E-state index < -0.39 is 30.6 Å². The molecule has 1 unspecified atom stereocenters. The monoisotopic (exact) mass is 302 g/mol. The minimum Gasteiger partial charge on any atom is -0.465 e. The molecule has 0 saturated carbocycles. The van der Waals surface area contributed by atoms with Crippen LogP contribution < -0.4 is 11.1 Å². The Morgan fingerprint density at radius 2 is 2.05 bits per heavy atom. The van der Waals surface area contributed by atoms with Gasteiger partial charge in [0.15, 0.2) is 0 Å². The fourth-order valence-corrected chi connectivity index (χ4v) is 1.84. The second-order valence-electron chi connectivity index (χ2n) is 3.59. The molecule has 0 bridgehead atoms. The van der Waals surface area contributed by atoms with Crippen molar-refractivity contribution >= 4 is 23.6 Å². The summed E-state index contributed by atoms with van der Waals surface area (Å²) < 4.78 is 40.0. The molecule has 0 aliphatic heterocycles. The maximum atomic E-state index is 11.8. The lowest BCUT2D eigenvalue weighted by Gasteiger charge is -2.10. The number of nitrogens with two attached hydrogens (primary N) is 1. The number of alkyl halides is 3. The highest BCUT2D eigenvalue weighted by atomic mass is 32.2. The molecule has 0 saturated heterocycles. The van der Waals surface area contributed by atoms with Gasteiger partial charge in [0.1, 0.15) is 12.6 Å². The van der Waals surface area contributed by atoms with Crippen molar-refractivity contribution in [3.05, 3.63) is 0 Å². The first-order valence-electron chi connectivity index (χ1n) is 5.59. The number of carbonyl (C=O) groups is 2. The standard InChI is InChI=1S/C10H17F3N2O3S/c1-2-18-9(17)7(14)3-4-19-5-8(16)15-6-10(11,12)13/h7H,2-6,14H2,1H3,(H,15,16). The van der Waals surface area contributed by atoms with E-state index in [1.54, 1.807) is 12.2 Å². The molecule has 0 rings (SSSR count). The highest BCUT2D eigenvalue weighted by Gasteiger charge is 2.27. The molecular weight excluding hydrogens is 285 g/mol. The molecule has 0 heterocycles. The smallest absolute Gasteiger partial charge is 0.405 e. The summed E-state index contributed by atoms with van der Waals surface area (Å²) in [7, 11) is 0. The van der Waals surface area contributed by atoms with Crippen LogP contribution in [0.15, 0.2) is 0 Å². The number of rotatable bonds is 8. The number of hydrogen-bond acceptors (Lipinski definition) is 5. The van der Waals surface area contributed by atoms with Crippen molar-refractivity contribution in [3.63, 3.8) is 0 Å². The normalized spacial score (nSPS) is 12.9. The topological polar surface area (TPSA) is 81.4 Å². The molecule has 0 spiro atoms. The lowest BCUT2D eigenvalue weighted by atomic mass is 10.2. The fourth-order valence-electron chi connectivity index (χ4n) is 0.992. The highest BCUT2D eigenvalue weighted by Crippen LogP contribution is 2.12. The van der Waals surface area contributed by atoms with E-state index in [9.17, 15) is 22.8 Å². The maximum Gasteiger partial charge on any atom is 0.405 e. The number of ether oxygens (including phenoxy) is 1. The summed E-state index contributed by atoms with van der Waals surface area (Å²) in [5, 5.41) is 1.75. The summed E-state index contributed by atoms with van der Waals surface area (Å²) in [4.78, 5) is 22.1. The predicted molar refractivity (Wildman–Crippen MR) is 65.6 cm³/mol. The van der Waals surface area contributed by atoms with E-state index in [1.165, 1.54) is 0 Å². The van der Waals surface area contributed by atoms with Gasteiger partial charge in [-0.15, -0.1) is 0 Å². The van der Waals surface area contributed by atoms with E-state index in [4.69, 9.17) is 5.73 Å². The Hall–Kier alpha value is -0.960. The average Bonchev–Trinajstić information content (AvgIpc) is 2.31. The van der Waals surface area contributed by atoms with Gasteiger partial charge in [0.05, 0.1) is 12.4 Å². The number of thioether (sulfide) groups is 1. The zero-order chi connectivity index (χ0) is 14.9. The number of nitrogens with one attached hydrogen (secondary N) is 1. The minimum atomic E-state index is -4.41. The maximum absolute atomic E-state index is 11.8. The van der Waals surface area contributed by atoms with Gasteiger partial charge < -0.3 is 15.8 Å². The van der Waals surface area contributed by atoms with Gasteiger partial charge in [-0.25, -0.2) is 0 Å². The van der Waals surface area contributed by atoms with E-state index in [-0.39, 0.29) is 12.4 Å². The lowest BCUT2D eigenvalue weighted by molar-refractivity contribution is -0.144. The SMILES string of the molecule is CCOC(=O)C(N)CCSCC(=O)NCC(F)(F)F. The number of amides is 1. The van der Waals surface area contributed by atoms with E-state index in [0.29, 0.717) is 12.2 Å². The van der Waals surface area contributed by atoms with Crippen molar-refractivity contribution in [2.45, 2.75) is 25.6 Å². The zero-order valence-electron chi connectivity index (χ0n) is 10.5. The van der Waals surface area contributed by atoms with Crippen LogP contribution in [0.4, 0.5) is 13.2 Å². The summed E-state index contributed by atoms with van der Waals surface area (Å²) in [6.45, 7) is 0.554. The molecule has 0 radical (unpaired) electrons. The van der Waals surface area contributed by atoms with Crippen LogP contribution in [0.2, 0.25) is 0 Å². The molecule has 3 N–H and O–H groups in total. The molecule has 0 aromatic heterocycles. The first-order valence-corrected chi connectivity index (χ1v) is 6.75. The summed E-state index contributed by atoms with van der Waals surface area (Å²) in [5.41, 5.74) is 5.50. The summed E-state index contributed by atoms with van der Waals surface area (Å²) in [6.07, 6.45) is -4.11. The van der Waals surface area contributed by atoms with E-state index in [1.807, 2.05) is 0 Å². The molecule has 112 valence electrons. The lowest BCUT2D eigenvalue weighted by Crippen LogP contribution is -2.35. The Morgan fingerprint density at radius 1 is 1.42 bits per heavy atom. The third-order valence-corrected chi connectivity index (χ3v) is 2.87. The van der Waals surface area contributed by atoms with Gasteiger partial charge >= 0.3 is 12.1 Å². The summed E-state index contributed by atoms with van der Waals surface area (Å²) >= 11 is 1.11. The highest BCUT2D eigenvalue weighted by molar-refractivity contribution is 7.99. The van der Waals surface area contributed by atoms with Crippen molar-refractivity contribution in [3.8, 4) is 0 Å². The van der Waals surface area contributed by atoms with E-state index in [2.05, 4.69) is 4.74 Å². The number of carbonyl (C=O) groups excluding carboxylic acids is 2. The molecule has 0 fully saturated rings. The summed E-state index contributed by atoms with van der Waals surface area (Å²) in [5.74, 6) is -0.943. The van der Waals surface area contributed by atoms with Crippen molar-refractivity contribution < 1.29 is 27.5 Å². The van der Waals surface area contributed by atoms with Crippen LogP contribution in [0.25, 0.3) is 0 Å². The molecule has 0 aromatic carbocycles. The average molecular weight is 302 g/mol. The molecule has 1 amide bonds. The van der Waals surface area contributed by atoms with Crippen LogP contribution in [-0.4, -0.2) is 48.8 Å². The van der Waals surface area contributed by atoms with Crippen LogP contribution in [0.5, 0.6) is 0 Å². The third-order valence-electron chi connectivity index (χ3n) is 1.88. The van der Waals surface area contributed by atoms with E-state index in [0.717, 1.165) is 11.8 Å². The Bertz CT molecular complexity index is 300. The zero-order valence-corrected chi connectivity index (χ0v) is 11.3. The first kappa shape index (κ1) is 18.0. The Kier molecular flexibility index (Phi) is 8.57. The second kappa shape index (κ2) is 9.03. The molecule has 9 heteroatoms. The van der Waals surface area contributed by atoms with Crippen LogP contribution in [0, 0.1) is 0 Å². The van der Waals surface area contributed by atoms with Gasteiger partial charge in [-0.2, -0.15) is 24.9 Å². The largest absolute Gasteiger partial charge is 0.465 e. The van der Waals surface area contributed by atoms with E-state index >= 15 is 0 Å². The molecule has 5 nitrogen and oxygen atoms in total. The van der Waals surface area contributed by atoms with Gasteiger partial charge in [0.25, 0.3) is 0 Å². The van der Waals surface area contributed by atoms with Crippen LogP contribution in [0.3, 0.4) is 0 Å². The fraction of sp³-hybridized carbons (Fsp3) is 0.800. The Labute approximate surface area is 113 Å². The molecule has 0 aliphatic rings. The van der Waals surface area contributed by atoms with Crippen molar-refractivity contribution in [1.82, 2.24) is 5.32 Å². The van der Waals surface area contributed by atoms with Gasteiger partial charge in [-0.05, 0) is 19.1 Å². The van der Waals surface area contributed by atoms with Crippen molar-refractivity contribution in [2.24, 2.45) is 5.73 Å². The predicted octanol–water partition coefficient (Wildman–Crippen LogP) is 0.679. The van der Waals surface area contributed by atoms with Gasteiger partial charge in [-0.1, -0.05) is 0 Å². The third kappa shape index (κ3) is 10.6. The molecule has 0 aromatic rings. The van der Waals surface area contributed by atoms with Crippen molar-refractivity contribution in [2.75, 3.05) is 24.7 Å². The minimum absolute atomic E-state index is 0.106. The van der Waals surface area contributed by atoms with Crippen LogP contribution in [0.1, 0.15) is 13.3 Å². The quantitative estimate of drug-likeness (QED) is 0.509. The van der Waals surface area contributed by atoms with Crippen LogP contribution >= 0.6 is 11.8 Å². The molecule has 19 heavy (non-hydrogen) atoms. The number of hydrogen-bond donors (Lipinski definition) is 2. The second-order valence-corrected chi connectivity index (χ2v) is 4.70. The molecular formula is C10H17F3N2O3S. The van der Waals surface area contributed by atoms with Gasteiger partial charge in [0, 0.05) is 0 Å². The number of esters is 1. The first-order chi connectivity index (χ1) is 8.76. The van der Waals surface area contributed by atoms with Crippen LogP contribution in [-0.2, 0) is 14.3 Å². The van der Waals surface area contributed by atoms with Gasteiger partial charge in [-0.3, -0.25) is 9.59 Å².